The van der Waals surface area contributed by atoms with Gasteiger partial charge in [-0.1, -0.05) is 25.7 Å². The van der Waals surface area contributed by atoms with Gasteiger partial charge in [-0.2, -0.15) is 0 Å². The highest BCUT2D eigenvalue weighted by molar-refractivity contribution is 5.76. The standard InChI is InChI=1S/C17H29NO3/c1-21-17(20)14-8-10-15(11-9-14)18-16(19)12-13-6-4-2-3-5-7-13/h13-15H,2-12H2,1H3,(H,18,19). The number of rotatable bonds is 4. The maximum atomic E-state index is 12.2. The van der Waals surface area contributed by atoms with Gasteiger partial charge in [0, 0.05) is 12.5 Å². The second-order valence-electron chi connectivity index (χ2n) is 6.70. The Morgan fingerprint density at radius 2 is 1.57 bits per heavy atom. The lowest BCUT2D eigenvalue weighted by Gasteiger charge is -2.28. The zero-order chi connectivity index (χ0) is 15.1. The van der Waals surface area contributed by atoms with E-state index in [0.717, 1.165) is 25.7 Å². The van der Waals surface area contributed by atoms with E-state index >= 15 is 0 Å². The molecule has 0 aromatic heterocycles. The summed E-state index contributed by atoms with van der Waals surface area (Å²) in [4.78, 5) is 23.6. The van der Waals surface area contributed by atoms with Gasteiger partial charge in [-0.25, -0.2) is 0 Å². The third kappa shape index (κ3) is 5.33. The van der Waals surface area contributed by atoms with Gasteiger partial charge in [0.05, 0.1) is 13.0 Å². The van der Waals surface area contributed by atoms with Crippen molar-refractivity contribution in [1.29, 1.82) is 0 Å². The number of esters is 1. The Morgan fingerprint density at radius 1 is 0.952 bits per heavy atom. The molecule has 2 fully saturated rings. The highest BCUT2D eigenvalue weighted by atomic mass is 16.5. The van der Waals surface area contributed by atoms with Crippen molar-refractivity contribution in [1.82, 2.24) is 5.32 Å². The molecule has 0 spiro atoms. The number of carbonyl (C=O) groups excluding carboxylic acids is 2. The predicted octanol–water partition coefficient (Wildman–Crippen LogP) is 3.19. The molecule has 0 heterocycles. The minimum absolute atomic E-state index is 0.0324. The second-order valence-corrected chi connectivity index (χ2v) is 6.70. The van der Waals surface area contributed by atoms with Crippen LogP contribution < -0.4 is 5.32 Å². The van der Waals surface area contributed by atoms with E-state index in [0.29, 0.717) is 12.3 Å². The summed E-state index contributed by atoms with van der Waals surface area (Å²) in [5.74, 6) is 0.727. The van der Waals surface area contributed by atoms with E-state index < -0.39 is 0 Å². The van der Waals surface area contributed by atoms with Crippen molar-refractivity contribution >= 4 is 11.9 Å². The van der Waals surface area contributed by atoms with Gasteiger partial charge >= 0.3 is 5.97 Å². The largest absolute Gasteiger partial charge is 0.469 e. The third-order valence-electron chi connectivity index (χ3n) is 5.08. The maximum Gasteiger partial charge on any atom is 0.308 e. The number of nitrogens with one attached hydrogen (secondary N) is 1. The van der Waals surface area contributed by atoms with Crippen LogP contribution >= 0.6 is 0 Å². The Morgan fingerprint density at radius 3 is 2.14 bits per heavy atom. The summed E-state index contributed by atoms with van der Waals surface area (Å²) in [6, 6.07) is 0.254. The van der Waals surface area contributed by atoms with E-state index in [1.807, 2.05) is 0 Å². The molecule has 120 valence electrons. The average Bonchev–Trinajstić information content (AvgIpc) is 2.75. The highest BCUT2D eigenvalue weighted by Gasteiger charge is 2.28. The van der Waals surface area contributed by atoms with Crippen molar-refractivity contribution in [3.05, 3.63) is 0 Å². The van der Waals surface area contributed by atoms with Crippen LogP contribution in [0, 0.1) is 11.8 Å². The summed E-state index contributed by atoms with van der Waals surface area (Å²) in [5, 5.41) is 3.17. The molecule has 2 aliphatic rings. The molecule has 0 aromatic carbocycles. The summed E-state index contributed by atoms with van der Waals surface area (Å²) in [5.41, 5.74) is 0. The van der Waals surface area contributed by atoms with Crippen LogP contribution in [0.2, 0.25) is 0 Å². The van der Waals surface area contributed by atoms with Crippen LogP contribution in [0.5, 0.6) is 0 Å². The fraction of sp³-hybridized carbons (Fsp3) is 0.882. The molecule has 2 rings (SSSR count). The Hall–Kier alpha value is -1.06. The monoisotopic (exact) mass is 295 g/mol. The van der Waals surface area contributed by atoms with E-state index in [2.05, 4.69) is 5.32 Å². The SMILES string of the molecule is COC(=O)C1CCC(NC(=O)CC2CCCCCC2)CC1. The van der Waals surface area contributed by atoms with Gasteiger partial charge in [0.25, 0.3) is 0 Å². The van der Waals surface area contributed by atoms with Crippen molar-refractivity contribution in [3.63, 3.8) is 0 Å². The molecule has 4 nitrogen and oxygen atoms in total. The smallest absolute Gasteiger partial charge is 0.308 e. The molecule has 2 saturated carbocycles. The Kier molecular flexibility index (Phi) is 6.52. The summed E-state index contributed by atoms with van der Waals surface area (Å²) >= 11 is 0. The van der Waals surface area contributed by atoms with Crippen molar-refractivity contribution in [2.75, 3.05) is 7.11 Å². The molecule has 0 saturated heterocycles. The Labute approximate surface area is 128 Å². The summed E-state index contributed by atoms with van der Waals surface area (Å²) in [6.45, 7) is 0. The summed E-state index contributed by atoms with van der Waals surface area (Å²) < 4.78 is 4.79. The lowest BCUT2D eigenvalue weighted by Crippen LogP contribution is -2.39. The molecule has 21 heavy (non-hydrogen) atoms. The fourth-order valence-electron chi connectivity index (χ4n) is 3.76. The number of carbonyl (C=O) groups is 2. The molecule has 0 aliphatic heterocycles. The van der Waals surface area contributed by atoms with Crippen molar-refractivity contribution in [3.8, 4) is 0 Å². The van der Waals surface area contributed by atoms with Gasteiger partial charge in [0.15, 0.2) is 0 Å². The van der Waals surface area contributed by atoms with Crippen molar-refractivity contribution in [2.45, 2.75) is 76.7 Å². The number of hydrogen-bond acceptors (Lipinski definition) is 3. The van der Waals surface area contributed by atoms with Crippen LogP contribution in [0.1, 0.15) is 70.6 Å². The Balaban J connectivity index is 1.68. The van der Waals surface area contributed by atoms with Gasteiger partial charge in [0.2, 0.25) is 5.91 Å². The molecular formula is C17H29NO3. The molecule has 0 atom stereocenters. The highest BCUT2D eigenvalue weighted by Crippen LogP contribution is 2.27. The fourth-order valence-corrected chi connectivity index (χ4v) is 3.76. The van der Waals surface area contributed by atoms with Crippen LogP contribution in [0.4, 0.5) is 0 Å². The minimum Gasteiger partial charge on any atom is -0.469 e. The number of methoxy groups -OCH3 is 1. The van der Waals surface area contributed by atoms with Crippen LogP contribution in [-0.2, 0) is 14.3 Å². The minimum atomic E-state index is -0.0989. The van der Waals surface area contributed by atoms with Gasteiger partial charge < -0.3 is 10.1 Å². The molecule has 4 heteroatoms. The predicted molar refractivity (Wildman–Crippen MR) is 81.7 cm³/mol. The lowest BCUT2D eigenvalue weighted by molar-refractivity contribution is -0.146. The van der Waals surface area contributed by atoms with E-state index in [1.165, 1.54) is 45.6 Å². The molecule has 2 aliphatic carbocycles. The van der Waals surface area contributed by atoms with Crippen molar-refractivity contribution < 1.29 is 14.3 Å². The first-order valence-electron chi connectivity index (χ1n) is 8.56. The topological polar surface area (TPSA) is 55.4 Å². The van der Waals surface area contributed by atoms with E-state index in [-0.39, 0.29) is 23.8 Å². The number of amides is 1. The van der Waals surface area contributed by atoms with E-state index in [4.69, 9.17) is 4.74 Å². The van der Waals surface area contributed by atoms with Crippen LogP contribution in [0.15, 0.2) is 0 Å². The first-order valence-corrected chi connectivity index (χ1v) is 8.56. The summed E-state index contributed by atoms with van der Waals surface area (Å²) in [7, 11) is 1.45. The lowest BCUT2D eigenvalue weighted by atomic mass is 9.86. The maximum absolute atomic E-state index is 12.2. The Bertz CT molecular complexity index is 340. The molecule has 0 aromatic rings. The van der Waals surface area contributed by atoms with Crippen molar-refractivity contribution in [2.24, 2.45) is 11.8 Å². The molecule has 0 radical (unpaired) electrons. The van der Waals surface area contributed by atoms with Gasteiger partial charge in [-0.05, 0) is 44.4 Å². The molecule has 1 N–H and O–H groups in total. The van der Waals surface area contributed by atoms with Gasteiger partial charge in [0.1, 0.15) is 0 Å². The number of hydrogen-bond donors (Lipinski definition) is 1. The van der Waals surface area contributed by atoms with E-state index in [9.17, 15) is 9.59 Å². The molecule has 0 bridgehead atoms. The first-order chi connectivity index (χ1) is 10.2. The normalized spacial score (nSPS) is 27.7. The molecule has 0 unspecified atom stereocenters. The molecular weight excluding hydrogens is 266 g/mol. The quantitative estimate of drug-likeness (QED) is 0.640. The summed E-state index contributed by atoms with van der Waals surface area (Å²) in [6.07, 6.45) is 11.8. The average molecular weight is 295 g/mol. The zero-order valence-electron chi connectivity index (χ0n) is 13.2. The van der Waals surface area contributed by atoms with Crippen LogP contribution in [0.3, 0.4) is 0 Å². The van der Waals surface area contributed by atoms with Gasteiger partial charge in [-0.3, -0.25) is 9.59 Å². The zero-order valence-corrected chi connectivity index (χ0v) is 13.2. The van der Waals surface area contributed by atoms with Crippen LogP contribution in [0.25, 0.3) is 0 Å². The first kappa shape index (κ1) is 16.3. The van der Waals surface area contributed by atoms with Crippen LogP contribution in [-0.4, -0.2) is 25.0 Å². The second kappa shape index (κ2) is 8.40. The molecule has 1 amide bonds. The van der Waals surface area contributed by atoms with E-state index in [1.54, 1.807) is 0 Å². The third-order valence-corrected chi connectivity index (χ3v) is 5.08. The van der Waals surface area contributed by atoms with Gasteiger partial charge in [-0.15, -0.1) is 0 Å². The number of ether oxygens (including phenoxy) is 1.